The largest absolute Gasteiger partial charge is 0.480 e. The Morgan fingerprint density at radius 3 is 2.50 bits per heavy atom. The van der Waals surface area contributed by atoms with Gasteiger partial charge in [-0.05, 0) is 39.5 Å². The highest BCUT2D eigenvalue weighted by Gasteiger charge is 2.48. The molecule has 0 radical (unpaired) electrons. The van der Waals surface area contributed by atoms with E-state index >= 15 is 0 Å². The van der Waals surface area contributed by atoms with Gasteiger partial charge in [0.05, 0.1) is 6.61 Å². The van der Waals surface area contributed by atoms with Crippen molar-refractivity contribution in [2.75, 3.05) is 6.61 Å². The topological polar surface area (TPSA) is 75.6 Å². The van der Waals surface area contributed by atoms with E-state index in [1.54, 1.807) is 20.8 Å². The van der Waals surface area contributed by atoms with Crippen LogP contribution in [0.25, 0.3) is 0 Å². The first-order valence-corrected chi connectivity index (χ1v) is 5.59. The van der Waals surface area contributed by atoms with Crippen molar-refractivity contribution in [3.8, 4) is 0 Å². The number of esters is 1. The number of carbonyl (C=O) groups is 2. The van der Waals surface area contributed by atoms with Crippen LogP contribution < -0.4 is 5.32 Å². The van der Waals surface area contributed by atoms with Crippen LogP contribution in [0.1, 0.15) is 33.6 Å². The van der Waals surface area contributed by atoms with Crippen molar-refractivity contribution in [3.05, 3.63) is 0 Å². The highest BCUT2D eigenvalue weighted by atomic mass is 16.5. The summed E-state index contributed by atoms with van der Waals surface area (Å²) in [7, 11) is 0. The molecule has 0 aromatic carbocycles. The number of hydrogen-bond acceptors (Lipinski definition) is 4. The lowest BCUT2D eigenvalue weighted by atomic mass is 9.95. The lowest BCUT2D eigenvalue weighted by Gasteiger charge is -2.29. The van der Waals surface area contributed by atoms with Gasteiger partial charge in [0.25, 0.3) is 0 Å². The summed E-state index contributed by atoms with van der Waals surface area (Å²) in [6.45, 7) is 5.28. The monoisotopic (exact) mass is 229 g/mol. The summed E-state index contributed by atoms with van der Waals surface area (Å²) in [5, 5.41) is 12.1. The number of nitrogens with one attached hydrogen (secondary N) is 1. The summed E-state index contributed by atoms with van der Waals surface area (Å²) in [5.74, 6) is -1.20. The third-order valence-corrected chi connectivity index (χ3v) is 2.99. The Morgan fingerprint density at radius 2 is 2.12 bits per heavy atom. The summed E-state index contributed by atoms with van der Waals surface area (Å²) in [5.41, 5.74) is -1.02. The molecule has 2 atom stereocenters. The molecular weight excluding hydrogens is 210 g/mol. The number of carboxylic acids is 1. The van der Waals surface area contributed by atoms with Crippen molar-refractivity contribution in [1.82, 2.24) is 5.32 Å². The van der Waals surface area contributed by atoms with Gasteiger partial charge in [0, 0.05) is 0 Å². The maximum Gasteiger partial charge on any atom is 0.323 e. The van der Waals surface area contributed by atoms with E-state index in [0.29, 0.717) is 6.61 Å². The molecule has 0 heterocycles. The number of carbonyl (C=O) groups excluding carboxylic acids is 1. The average Bonchev–Trinajstić information content (AvgIpc) is 3.00. The predicted octanol–water partition coefficient (Wildman–Crippen LogP) is 0.781. The Labute approximate surface area is 95.2 Å². The molecule has 2 N–H and O–H groups in total. The van der Waals surface area contributed by atoms with Gasteiger partial charge in [0.15, 0.2) is 0 Å². The van der Waals surface area contributed by atoms with Crippen molar-refractivity contribution in [2.24, 2.45) is 5.92 Å². The van der Waals surface area contributed by atoms with E-state index in [-0.39, 0.29) is 5.92 Å². The Hall–Kier alpha value is -1.10. The molecule has 16 heavy (non-hydrogen) atoms. The molecule has 5 nitrogen and oxygen atoms in total. The molecule has 1 fully saturated rings. The Kier molecular flexibility index (Phi) is 3.91. The first-order valence-electron chi connectivity index (χ1n) is 5.59. The molecule has 92 valence electrons. The van der Waals surface area contributed by atoms with Crippen molar-refractivity contribution in [3.63, 3.8) is 0 Å². The molecule has 1 aliphatic rings. The lowest BCUT2D eigenvalue weighted by Crippen LogP contribution is -2.57. The Morgan fingerprint density at radius 1 is 1.56 bits per heavy atom. The minimum absolute atomic E-state index is 0.113. The predicted molar refractivity (Wildman–Crippen MR) is 58.0 cm³/mol. The minimum Gasteiger partial charge on any atom is -0.480 e. The standard InChI is InChI=1S/C11H19NO4/c1-4-16-9(13)7(2)12-11(3,10(14)15)8-5-6-8/h7-8,12H,4-6H2,1-3H3,(H,14,15). The summed E-state index contributed by atoms with van der Waals surface area (Å²) < 4.78 is 4.84. The van der Waals surface area contributed by atoms with E-state index in [4.69, 9.17) is 4.74 Å². The van der Waals surface area contributed by atoms with Crippen LogP contribution in [-0.4, -0.2) is 35.2 Å². The molecule has 0 amide bonds. The van der Waals surface area contributed by atoms with Gasteiger partial charge in [-0.15, -0.1) is 0 Å². The lowest BCUT2D eigenvalue weighted by molar-refractivity contribution is -0.149. The molecular formula is C11H19NO4. The minimum atomic E-state index is -1.02. The van der Waals surface area contributed by atoms with Crippen molar-refractivity contribution in [2.45, 2.75) is 45.2 Å². The zero-order chi connectivity index (χ0) is 12.3. The number of hydrogen-bond donors (Lipinski definition) is 2. The molecule has 1 aliphatic carbocycles. The van der Waals surface area contributed by atoms with Crippen molar-refractivity contribution in [1.29, 1.82) is 0 Å². The van der Waals surface area contributed by atoms with Gasteiger partial charge in [-0.2, -0.15) is 0 Å². The first-order chi connectivity index (χ1) is 7.41. The fourth-order valence-electron chi connectivity index (χ4n) is 1.79. The molecule has 0 aliphatic heterocycles. The molecule has 0 spiro atoms. The zero-order valence-electron chi connectivity index (χ0n) is 9.95. The number of ether oxygens (including phenoxy) is 1. The van der Waals surface area contributed by atoms with Gasteiger partial charge in [-0.1, -0.05) is 0 Å². The second-order valence-corrected chi connectivity index (χ2v) is 4.40. The second kappa shape index (κ2) is 4.82. The molecule has 2 unspecified atom stereocenters. The van der Waals surface area contributed by atoms with E-state index in [1.807, 2.05) is 0 Å². The van der Waals surface area contributed by atoms with E-state index < -0.39 is 23.5 Å². The van der Waals surface area contributed by atoms with Crippen LogP contribution in [0.2, 0.25) is 0 Å². The van der Waals surface area contributed by atoms with E-state index in [9.17, 15) is 14.7 Å². The normalized spacial score (nSPS) is 20.9. The second-order valence-electron chi connectivity index (χ2n) is 4.40. The number of aliphatic carboxylic acids is 1. The van der Waals surface area contributed by atoms with Crippen LogP contribution in [-0.2, 0) is 14.3 Å². The van der Waals surface area contributed by atoms with E-state index in [1.165, 1.54) is 0 Å². The van der Waals surface area contributed by atoms with Crippen LogP contribution in [0.15, 0.2) is 0 Å². The van der Waals surface area contributed by atoms with Gasteiger partial charge < -0.3 is 9.84 Å². The van der Waals surface area contributed by atoms with Crippen molar-refractivity contribution < 1.29 is 19.4 Å². The molecule has 0 aromatic rings. The number of rotatable bonds is 6. The SMILES string of the molecule is CCOC(=O)C(C)NC(C)(C(=O)O)C1CC1. The maximum absolute atomic E-state index is 11.4. The first kappa shape index (κ1) is 13.0. The van der Waals surface area contributed by atoms with Gasteiger partial charge in [0.1, 0.15) is 11.6 Å². The molecule has 1 rings (SSSR count). The summed E-state index contributed by atoms with van der Waals surface area (Å²) in [6, 6.07) is -0.596. The molecule has 0 saturated heterocycles. The van der Waals surface area contributed by atoms with Crippen LogP contribution >= 0.6 is 0 Å². The van der Waals surface area contributed by atoms with Crippen LogP contribution in [0.4, 0.5) is 0 Å². The van der Waals surface area contributed by atoms with Gasteiger partial charge in [-0.3, -0.25) is 14.9 Å². The quantitative estimate of drug-likeness (QED) is 0.658. The third kappa shape index (κ3) is 2.72. The Balaban J connectivity index is 2.61. The Bertz CT molecular complexity index is 288. The van der Waals surface area contributed by atoms with Crippen LogP contribution in [0.5, 0.6) is 0 Å². The van der Waals surface area contributed by atoms with Crippen LogP contribution in [0, 0.1) is 5.92 Å². The summed E-state index contributed by atoms with van der Waals surface area (Å²) in [4.78, 5) is 22.6. The fraction of sp³-hybridized carbons (Fsp3) is 0.818. The third-order valence-electron chi connectivity index (χ3n) is 2.99. The fourth-order valence-corrected chi connectivity index (χ4v) is 1.79. The average molecular weight is 229 g/mol. The molecule has 0 aromatic heterocycles. The van der Waals surface area contributed by atoms with Gasteiger partial charge >= 0.3 is 11.9 Å². The van der Waals surface area contributed by atoms with E-state index in [2.05, 4.69) is 5.32 Å². The maximum atomic E-state index is 11.4. The summed E-state index contributed by atoms with van der Waals surface area (Å²) in [6.07, 6.45) is 1.79. The van der Waals surface area contributed by atoms with E-state index in [0.717, 1.165) is 12.8 Å². The molecule has 5 heteroatoms. The molecule has 0 bridgehead atoms. The number of carboxylic acid groups (broad SMARTS) is 1. The zero-order valence-corrected chi connectivity index (χ0v) is 9.95. The highest BCUT2D eigenvalue weighted by molar-refractivity contribution is 5.82. The van der Waals surface area contributed by atoms with Crippen LogP contribution in [0.3, 0.4) is 0 Å². The van der Waals surface area contributed by atoms with Gasteiger partial charge in [0.2, 0.25) is 0 Å². The summed E-state index contributed by atoms with van der Waals surface area (Å²) >= 11 is 0. The van der Waals surface area contributed by atoms with Crippen molar-refractivity contribution >= 4 is 11.9 Å². The molecule has 1 saturated carbocycles. The van der Waals surface area contributed by atoms with Gasteiger partial charge in [-0.25, -0.2) is 0 Å². The smallest absolute Gasteiger partial charge is 0.323 e. The highest BCUT2D eigenvalue weighted by Crippen LogP contribution is 2.40.